The van der Waals surface area contributed by atoms with E-state index in [2.05, 4.69) is 15.6 Å². The minimum absolute atomic E-state index is 0.0568. The number of hydrogen-bond donors (Lipinski definition) is 2. The first kappa shape index (κ1) is 22.3. The molecular weight excluding hydrogens is 397 g/mol. The Morgan fingerprint density at radius 1 is 1.25 bits per heavy atom. The molecule has 2 heterocycles. The number of aromatic nitrogens is 1. The molecule has 2 amide bonds. The van der Waals surface area contributed by atoms with Gasteiger partial charge in [-0.05, 0) is 18.9 Å². The molecule has 1 aromatic rings. The first-order chi connectivity index (χ1) is 13.1. The maximum atomic E-state index is 12.7. The van der Waals surface area contributed by atoms with Gasteiger partial charge in [0.15, 0.2) is 0 Å². The van der Waals surface area contributed by atoms with Gasteiger partial charge in [-0.1, -0.05) is 25.4 Å². The van der Waals surface area contributed by atoms with E-state index < -0.39 is 11.7 Å². The lowest BCUT2D eigenvalue weighted by molar-refractivity contribution is -0.137. The van der Waals surface area contributed by atoms with Gasteiger partial charge in [0, 0.05) is 44.2 Å². The van der Waals surface area contributed by atoms with Gasteiger partial charge in [0.25, 0.3) is 0 Å². The second-order valence-corrected chi connectivity index (χ2v) is 7.43. The lowest BCUT2D eigenvalue weighted by atomic mass is 9.96. The van der Waals surface area contributed by atoms with Crippen LogP contribution in [-0.4, -0.2) is 43.0 Å². The number of amides is 2. The van der Waals surface area contributed by atoms with Crippen LogP contribution in [0.4, 0.5) is 19.0 Å². The van der Waals surface area contributed by atoms with Crippen LogP contribution in [0.15, 0.2) is 12.3 Å². The van der Waals surface area contributed by atoms with Crippen LogP contribution in [0.2, 0.25) is 5.02 Å². The fourth-order valence-electron chi connectivity index (χ4n) is 2.89. The molecule has 0 saturated carbocycles. The van der Waals surface area contributed by atoms with E-state index in [1.807, 2.05) is 0 Å². The van der Waals surface area contributed by atoms with Gasteiger partial charge in [-0.3, -0.25) is 9.59 Å². The highest BCUT2D eigenvalue weighted by molar-refractivity contribution is 6.33. The van der Waals surface area contributed by atoms with Gasteiger partial charge in [-0.15, -0.1) is 0 Å². The number of alkyl halides is 3. The van der Waals surface area contributed by atoms with Crippen LogP contribution in [0.3, 0.4) is 0 Å². The molecule has 1 aliphatic heterocycles. The van der Waals surface area contributed by atoms with Gasteiger partial charge in [-0.25, -0.2) is 4.98 Å². The molecule has 0 spiro atoms. The van der Waals surface area contributed by atoms with E-state index in [4.69, 9.17) is 11.6 Å². The fraction of sp³-hybridized carbons (Fsp3) is 0.611. The predicted molar refractivity (Wildman–Crippen MR) is 100 cm³/mol. The summed E-state index contributed by atoms with van der Waals surface area (Å²) in [5, 5.41) is 5.47. The van der Waals surface area contributed by atoms with E-state index >= 15 is 0 Å². The highest BCUT2D eigenvalue weighted by Gasteiger charge is 2.33. The van der Waals surface area contributed by atoms with Gasteiger partial charge < -0.3 is 15.5 Å². The summed E-state index contributed by atoms with van der Waals surface area (Å²) < 4.78 is 38.1. The number of carbonyl (C=O) groups is 2. The summed E-state index contributed by atoms with van der Waals surface area (Å²) in [6.07, 6.45) is -2.63. The van der Waals surface area contributed by atoms with Crippen molar-refractivity contribution in [1.29, 1.82) is 0 Å². The van der Waals surface area contributed by atoms with Crippen LogP contribution < -0.4 is 15.5 Å². The molecule has 2 N–H and O–H groups in total. The highest BCUT2D eigenvalue weighted by Crippen LogP contribution is 2.34. The first-order valence-corrected chi connectivity index (χ1v) is 9.50. The molecule has 2 rings (SSSR count). The maximum Gasteiger partial charge on any atom is 0.417 e. The number of pyridine rings is 1. The minimum Gasteiger partial charge on any atom is -0.355 e. The fourth-order valence-corrected chi connectivity index (χ4v) is 3.18. The van der Waals surface area contributed by atoms with E-state index in [0.29, 0.717) is 44.8 Å². The molecule has 0 aromatic carbocycles. The third-order valence-electron chi connectivity index (χ3n) is 4.56. The first-order valence-electron chi connectivity index (χ1n) is 9.12. The van der Waals surface area contributed by atoms with Crippen molar-refractivity contribution in [2.45, 2.75) is 32.9 Å². The van der Waals surface area contributed by atoms with Crippen molar-refractivity contribution in [3.8, 4) is 0 Å². The van der Waals surface area contributed by atoms with Gasteiger partial charge >= 0.3 is 6.18 Å². The quantitative estimate of drug-likeness (QED) is 0.694. The Morgan fingerprint density at radius 2 is 1.86 bits per heavy atom. The van der Waals surface area contributed by atoms with E-state index in [9.17, 15) is 22.8 Å². The SMILES string of the molecule is CC(C)C(=O)NCCNC(=O)C1CCN(c2ncc(C(F)(F)F)cc2Cl)CC1. The molecule has 0 radical (unpaired) electrons. The van der Waals surface area contributed by atoms with Crippen molar-refractivity contribution in [2.24, 2.45) is 11.8 Å². The third-order valence-corrected chi connectivity index (χ3v) is 4.84. The molecule has 6 nitrogen and oxygen atoms in total. The minimum atomic E-state index is -4.49. The zero-order chi connectivity index (χ0) is 20.9. The van der Waals surface area contributed by atoms with E-state index in [-0.39, 0.29) is 28.7 Å². The number of piperidine rings is 1. The highest BCUT2D eigenvalue weighted by atomic mass is 35.5. The Morgan fingerprint density at radius 3 is 2.39 bits per heavy atom. The van der Waals surface area contributed by atoms with Crippen molar-refractivity contribution < 1.29 is 22.8 Å². The molecule has 1 saturated heterocycles. The average molecular weight is 421 g/mol. The Kier molecular flexibility index (Phi) is 7.51. The van der Waals surface area contributed by atoms with Gasteiger partial charge in [0.1, 0.15) is 5.82 Å². The number of halogens is 4. The zero-order valence-electron chi connectivity index (χ0n) is 15.8. The largest absolute Gasteiger partial charge is 0.417 e. The Labute approximate surface area is 166 Å². The molecule has 0 unspecified atom stereocenters. The van der Waals surface area contributed by atoms with E-state index in [1.165, 1.54) is 0 Å². The van der Waals surface area contributed by atoms with Gasteiger partial charge in [0.05, 0.1) is 10.6 Å². The molecule has 1 aliphatic rings. The molecule has 10 heteroatoms. The van der Waals surface area contributed by atoms with E-state index in [1.54, 1.807) is 18.7 Å². The van der Waals surface area contributed by atoms with Crippen molar-refractivity contribution in [3.63, 3.8) is 0 Å². The molecule has 156 valence electrons. The van der Waals surface area contributed by atoms with Crippen LogP contribution in [0.1, 0.15) is 32.3 Å². The summed E-state index contributed by atoms with van der Waals surface area (Å²) in [7, 11) is 0. The molecule has 0 bridgehead atoms. The molecule has 1 aromatic heterocycles. The average Bonchev–Trinajstić information content (AvgIpc) is 2.64. The van der Waals surface area contributed by atoms with Gasteiger partial charge in [0.2, 0.25) is 11.8 Å². The monoisotopic (exact) mass is 420 g/mol. The van der Waals surface area contributed by atoms with Crippen molar-refractivity contribution >= 4 is 29.2 Å². The summed E-state index contributed by atoms with van der Waals surface area (Å²) in [6, 6.07) is 0.869. The molecule has 28 heavy (non-hydrogen) atoms. The molecule has 0 aliphatic carbocycles. The molecular formula is C18H24ClF3N4O2. The van der Waals surface area contributed by atoms with Crippen LogP contribution in [0.5, 0.6) is 0 Å². The number of hydrogen-bond acceptors (Lipinski definition) is 4. The number of nitrogens with one attached hydrogen (secondary N) is 2. The van der Waals surface area contributed by atoms with Gasteiger partial charge in [-0.2, -0.15) is 13.2 Å². The van der Waals surface area contributed by atoms with Crippen LogP contribution in [0.25, 0.3) is 0 Å². The Bertz CT molecular complexity index is 705. The smallest absolute Gasteiger partial charge is 0.355 e. The number of nitrogens with zero attached hydrogens (tertiary/aromatic N) is 2. The standard InChI is InChI=1S/C18H24ClF3N4O2/c1-11(2)16(27)23-5-6-24-17(28)12-3-7-26(8-4-12)15-14(19)9-13(10-25-15)18(20,21)22/h9-12H,3-8H2,1-2H3,(H,23,27)(H,24,28). The summed E-state index contributed by atoms with van der Waals surface area (Å²) >= 11 is 5.98. The topological polar surface area (TPSA) is 74.3 Å². The Balaban J connectivity index is 1.81. The van der Waals surface area contributed by atoms with E-state index in [0.717, 1.165) is 12.3 Å². The number of anilines is 1. The van der Waals surface area contributed by atoms with Crippen molar-refractivity contribution in [3.05, 3.63) is 22.8 Å². The van der Waals surface area contributed by atoms with Crippen LogP contribution in [-0.2, 0) is 15.8 Å². The van der Waals surface area contributed by atoms with Crippen LogP contribution in [0, 0.1) is 11.8 Å². The van der Waals surface area contributed by atoms with Crippen LogP contribution >= 0.6 is 11.6 Å². The molecule has 0 atom stereocenters. The Hall–Kier alpha value is -2.03. The summed E-state index contributed by atoms with van der Waals surface area (Å²) in [4.78, 5) is 29.3. The zero-order valence-corrected chi connectivity index (χ0v) is 16.5. The predicted octanol–water partition coefficient (Wildman–Crippen LogP) is 2.86. The second kappa shape index (κ2) is 9.45. The third kappa shape index (κ3) is 5.98. The normalized spacial score (nSPS) is 15.6. The summed E-state index contributed by atoms with van der Waals surface area (Å²) in [6.45, 7) is 5.25. The molecule has 1 fully saturated rings. The summed E-state index contributed by atoms with van der Waals surface area (Å²) in [5.74, 6) is -0.158. The second-order valence-electron chi connectivity index (χ2n) is 7.03. The number of rotatable bonds is 6. The van der Waals surface area contributed by atoms with Crippen molar-refractivity contribution in [2.75, 3.05) is 31.1 Å². The van der Waals surface area contributed by atoms with Crippen molar-refractivity contribution in [1.82, 2.24) is 15.6 Å². The maximum absolute atomic E-state index is 12.7. The number of carbonyl (C=O) groups excluding carboxylic acids is 2. The summed E-state index contributed by atoms with van der Waals surface area (Å²) in [5.41, 5.74) is -0.889. The lowest BCUT2D eigenvalue weighted by Gasteiger charge is -2.32. The lowest BCUT2D eigenvalue weighted by Crippen LogP contribution is -2.43.